The van der Waals surface area contributed by atoms with Gasteiger partial charge in [-0.3, -0.25) is 0 Å². The first-order valence-corrected chi connectivity index (χ1v) is 4.46. The first-order valence-electron chi connectivity index (χ1n) is 3.13. The normalized spacial score (nSPS) is 10.0. The van der Waals surface area contributed by atoms with Crippen LogP contribution in [0.2, 0.25) is 0 Å². The third-order valence-electron chi connectivity index (χ3n) is 1.36. The zero-order valence-corrected chi connectivity index (χ0v) is 8.62. The van der Waals surface area contributed by atoms with Crippen LogP contribution < -0.4 is 4.74 Å². The predicted molar refractivity (Wildman–Crippen MR) is 48.0 cm³/mol. The number of ether oxygens (including phenoxy) is 1. The van der Waals surface area contributed by atoms with E-state index in [4.69, 9.17) is 11.6 Å². The Morgan fingerprint density at radius 1 is 1.75 bits per heavy atom. The van der Waals surface area contributed by atoms with Crippen molar-refractivity contribution in [2.45, 2.75) is 5.88 Å². The van der Waals surface area contributed by atoms with Crippen LogP contribution in [0.25, 0.3) is 0 Å². The van der Waals surface area contributed by atoms with E-state index in [1.54, 1.807) is 0 Å². The van der Waals surface area contributed by atoms with Crippen molar-refractivity contribution < 1.29 is 9.13 Å². The second-order valence-corrected chi connectivity index (χ2v) is 3.16. The van der Waals surface area contributed by atoms with Crippen LogP contribution in [0.1, 0.15) is 5.56 Å². The Morgan fingerprint density at radius 2 is 2.42 bits per heavy atom. The van der Waals surface area contributed by atoms with Gasteiger partial charge in [-0.25, -0.2) is 9.37 Å². The summed E-state index contributed by atoms with van der Waals surface area (Å²) in [5.74, 6) is -0.457. The summed E-state index contributed by atoms with van der Waals surface area (Å²) < 4.78 is 18.5. The summed E-state index contributed by atoms with van der Waals surface area (Å²) in [6.45, 7) is 0. The van der Waals surface area contributed by atoms with Crippen LogP contribution in [0.4, 0.5) is 4.39 Å². The van der Waals surface area contributed by atoms with Crippen molar-refractivity contribution in [1.29, 1.82) is 0 Å². The summed E-state index contributed by atoms with van der Waals surface area (Å²) in [6, 6.07) is 0. The molecule has 0 aliphatic heterocycles. The molecule has 0 atom stereocenters. The number of hydrogen-bond donors (Lipinski definition) is 0. The van der Waals surface area contributed by atoms with Gasteiger partial charge in [0.05, 0.1) is 13.0 Å². The van der Waals surface area contributed by atoms with Gasteiger partial charge in [-0.15, -0.1) is 11.6 Å². The van der Waals surface area contributed by atoms with Gasteiger partial charge in [0.25, 0.3) is 0 Å². The molecule has 0 unspecified atom stereocenters. The minimum absolute atomic E-state index is 0.0335. The van der Waals surface area contributed by atoms with Crippen molar-refractivity contribution in [2.75, 3.05) is 7.11 Å². The van der Waals surface area contributed by atoms with E-state index in [0.717, 1.165) is 0 Å². The smallest absolute Gasteiger partial charge is 0.250 e. The maximum Gasteiger partial charge on any atom is 0.250 e. The fraction of sp³-hybridized carbons (Fsp3) is 0.286. The molecular formula is C7H6BrClFNO. The van der Waals surface area contributed by atoms with Crippen LogP contribution in [0.3, 0.4) is 0 Å². The van der Waals surface area contributed by atoms with Gasteiger partial charge in [-0.1, -0.05) is 0 Å². The third kappa shape index (κ3) is 1.69. The highest BCUT2D eigenvalue weighted by molar-refractivity contribution is 9.10. The molecule has 0 N–H and O–H groups in total. The maximum absolute atomic E-state index is 13.2. The second-order valence-electron chi connectivity index (χ2n) is 2.04. The zero-order chi connectivity index (χ0) is 9.14. The minimum atomic E-state index is -0.512. The molecule has 0 saturated carbocycles. The number of nitrogens with zero attached hydrogens (tertiary/aromatic N) is 1. The summed E-state index contributed by atoms with van der Waals surface area (Å²) in [5, 5.41) is 0. The largest absolute Gasteiger partial charge is 0.479 e. The zero-order valence-electron chi connectivity index (χ0n) is 6.27. The van der Waals surface area contributed by atoms with Gasteiger partial charge in [-0.05, 0) is 15.9 Å². The molecule has 66 valence electrons. The first-order chi connectivity index (χ1) is 5.70. The quantitative estimate of drug-likeness (QED) is 0.757. The highest BCUT2D eigenvalue weighted by Crippen LogP contribution is 2.25. The van der Waals surface area contributed by atoms with Crippen LogP contribution in [-0.4, -0.2) is 12.1 Å². The summed E-state index contributed by atoms with van der Waals surface area (Å²) in [5.41, 5.74) is 0.364. The Hall–Kier alpha value is -0.350. The Kier molecular flexibility index (Phi) is 3.29. The lowest BCUT2D eigenvalue weighted by molar-refractivity contribution is 0.367. The molecular weight excluding hydrogens is 248 g/mol. The monoisotopic (exact) mass is 253 g/mol. The standard InChI is InChI=1S/C7H6BrClFNO/c1-12-7-6(10)4(2-9)5(8)3-11-7/h3H,2H2,1H3. The average molecular weight is 254 g/mol. The molecule has 1 aromatic rings. The number of hydrogen-bond acceptors (Lipinski definition) is 2. The van der Waals surface area contributed by atoms with Gasteiger partial charge in [0, 0.05) is 16.2 Å². The number of rotatable bonds is 2. The molecule has 0 saturated heterocycles. The van der Waals surface area contributed by atoms with Crippen LogP contribution in [0.5, 0.6) is 5.88 Å². The van der Waals surface area contributed by atoms with Gasteiger partial charge >= 0.3 is 0 Å². The fourth-order valence-electron chi connectivity index (χ4n) is 0.749. The second kappa shape index (κ2) is 4.05. The van der Waals surface area contributed by atoms with E-state index >= 15 is 0 Å². The number of alkyl halides is 1. The van der Waals surface area contributed by atoms with Crippen molar-refractivity contribution >= 4 is 27.5 Å². The van der Waals surface area contributed by atoms with E-state index in [1.807, 2.05) is 0 Å². The number of pyridine rings is 1. The Labute approximate surface area is 82.8 Å². The summed E-state index contributed by atoms with van der Waals surface area (Å²) in [6.07, 6.45) is 1.46. The molecule has 0 aliphatic carbocycles. The van der Waals surface area contributed by atoms with Gasteiger partial charge in [-0.2, -0.15) is 0 Å². The number of methoxy groups -OCH3 is 1. The van der Waals surface area contributed by atoms with Crippen LogP contribution in [0, 0.1) is 5.82 Å². The van der Waals surface area contributed by atoms with E-state index in [0.29, 0.717) is 10.0 Å². The van der Waals surface area contributed by atoms with Crippen molar-refractivity contribution in [2.24, 2.45) is 0 Å². The molecule has 0 aromatic carbocycles. The molecule has 0 radical (unpaired) electrons. The Balaban J connectivity index is 3.24. The van der Waals surface area contributed by atoms with Gasteiger partial charge < -0.3 is 4.74 Å². The molecule has 12 heavy (non-hydrogen) atoms. The van der Waals surface area contributed by atoms with E-state index in [9.17, 15) is 4.39 Å². The Bertz CT molecular complexity index is 295. The number of aromatic nitrogens is 1. The average Bonchev–Trinajstić information content (AvgIpc) is 2.06. The molecule has 0 fully saturated rings. The SMILES string of the molecule is COc1ncc(Br)c(CCl)c1F. The van der Waals surface area contributed by atoms with Crippen molar-refractivity contribution in [1.82, 2.24) is 4.98 Å². The highest BCUT2D eigenvalue weighted by Gasteiger charge is 2.12. The van der Waals surface area contributed by atoms with E-state index in [-0.39, 0.29) is 11.8 Å². The van der Waals surface area contributed by atoms with Crippen LogP contribution >= 0.6 is 27.5 Å². The fourth-order valence-corrected chi connectivity index (χ4v) is 1.59. The van der Waals surface area contributed by atoms with Crippen molar-refractivity contribution in [3.63, 3.8) is 0 Å². The number of halogens is 3. The lowest BCUT2D eigenvalue weighted by Gasteiger charge is -2.05. The van der Waals surface area contributed by atoms with Gasteiger partial charge in [0.15, 0.2) is 5.82 Å². The van der Waals surface area contributed by atoms with Crippen LogP contribution in [-0.2, 0) is 5.88 Å². The first kappa shape index (κ1) is 9.74. The molecule has 0 aliphatic rings. The molecule has 1 rings (SSSR count). The van der Waals surface area contributed by atoms with Gasteiger partial charge in [0.2, 0.25) is 5.88 Å². The molecule has 5 heteroatoms. The molecule has 0 bridgehead atoms. The van der Waals surface area contributed by atoms with E-state index < -0.39 is 5.82 Å². The predicted octanol–water partition coefficient (Wildman–Crippen LogP) is 2.73. The van der Waals surface area contributed by atoms with Crippen LogP contribution in [0.15, 0.2) is 10.7 Å². The summed E-state index contributed by atoms with van der Waals surface area (Å²) in [7, 11) is 1.36. The highest BCUT2D eigenvalue weighted by atomic mass is 79.9. The van der Waals surface area contributed by atoms with Crippen molar-refractivity contribution in [3.8, 4) is 5.88 Å². The summed E-state index contributed by atoms with van der Waals surface area (Å²) >= 11 is 8.64. The third-order valence-corrected chi connectivity index (χ3v) is 2.31. The molecule has 1 aromatic heterocycles. The molecule has 0 spiro atoms. The van der Waals surface area contributed by atoms with E-state index in [1.165, 1.54) is 13.3 Å². The topological polar surface area (TPSA) is 22.1 Å². The summed E-state index contributed by atoms with van der Waals surface area (Å²) in [4.78, 5) is 3.70. The molecule has 1 heterocycles. The maximum atomic E-state index is 13.2. The minimum Gasteiger partial charge on any atom is -0.479 e. The molecule has 2 nitrogen and oxygen atoms in total. The van der Waals surface area contributed by atoms with E-state index in [2.05, 4.69) is 25.7 Å². The Morgan fingerprint density at radius 3 is 2.92 bits per heavy atom. The van der Waals surface area contributed by atoms with Gasteiger partial charge in [0.1, 0.15) is 0 Å². The molecule has 0 amide bonds. The lowest BCUT2D eigenvalue weighted by Crippen LogP contribution is -1.97. The van der Waals surface area contributed by atoms with Crippen molar-refractivity contribution in [3.05, 3.63) is 22.1 Å². The lowest BCUT2D eigenvalue weighted by atomic mass is 10.3.